The number of hydrogen-bond donors (Lipinski definition) is 1. The highest BCUT2D eigenvalue weighted by molar-refractivity contribution is 5.87. The van der Waals surface area contributed by atoms with Crippen LogP contribution in [0.25, 0.3) is 0 Å². The van der Waals surface area contributed by atoms with Gasteiger partial charge in [-0.25, -0.2) is 14.6 Å². The van der Waals surface area contributed by atoms with Gasteiger partial charge >= 0.3 is 5.97 Å². The van der Waals surface area contributed by atoms with Gasteiger partial charge in [-0.3, -0.25) is 0 Å². The Hall–Kier alpha value is -1.47. The number of ether oxygens (including phenoxy) is 2. The lowest BCUT2D eigenvalue weighted by Gasteiger charge is -2.61. The second kappa shape index (κ2) is 7.30. The zero-order chi connectivity index (χ0) is 21.1. The molecule has 5 fully saturated rings. The molecule has 5 aliphatic rings. The van der Waals surface area contributed by atoms with Gasteiger partial charge in [0.1, 0.15) is 11.2 Å². The zero-order valence-electron chi connectivity index (χ0n) is 18.0. The van der Waals surface area contributed by atoms with Gasteiger partial charge in [0.25, 0.3) is 0 Å². The van der Waals surface area contributed by atoms with E-state index >= 15 is 0 Å². The van der Waals surface area contributed by atoms with E-state index in [-0.39, 0.29) is 35.1 Å². The number of benzene rings is 1. The molecule has 1 aromatic rings. The van der Waals surface area contributed by atoms with Crippen molar-refractivity contribution in [1.82, 2.24) is 0 Å². The van der Waals surface area contributed by atoms with Crippen molar-refractivity contribution in [3.63, 3.8) is 0 Å². The van der Waals surface area contributed by atoms with Crippen LogP contribution in [0.3, 0.4) is 0 Å². The van der Waals surface area contributed by atoms with Gasteiger partial charge in [-0.15, -0.1) is 0 Å². The molecular formula is C24H32O6. The minimum atomic E-state index is -0.919. The molecule has 2 aliphatic carbocycles. The summed E-state index contributed by atoms with van der Waals surface area (Å²) in [4.78, 5) is 23.4. The van der Waals surface area contributed by atoms with Crippen LogP contribution >= 0.6 is 0 Å². The van der Waals surface area contributed by atoms with Crippen molar-refractivity contribution in [3.05, 3.63) is 35.4 Å². The molecule has 2 saturated carbocycles. The van der Waals surface area contributed by atoms with Crippen molar-refractivity contribution in [1.29, 1.82) is 0 Å². The van der Waals surface area contributed by atoms with Crippen molar-refractivity contribution < 1.29 is 29.1 Å². The standard InChI is InChI=1S/C24H32O6/c1-14-4-9-19-15(2)22(27-13-16-5-7-17(8-6-16)21(25)26)28-20-12-23(3)11-10-18(14)24(19,20)30-29-23/h5-8,14-15,18-20,22H,4,9-13H2,1-3H3,(H,25,26)/t14-,15-,18?,19?,20?,22+,23?,24-/m1/s1. The van der Waals surface area contributed by atoms with Crippen LogP contribution in [0, 0.1) is 23.7 Å². The molecule has 6 heteroatoms. The predicted molar refractivity (Wildman–Crippen MR) is 109 cm³/mol. The zero-order valence-corrected chi connectivity index (χ0v) is 18.0. The minimum Gasteiger partial charge on any atom is -0.478 e. The van der Waals surface area contributed by atoms with Crippen LogP contribution in [-0.2, 0) is 25.9 Å². The third kappa shape index (κ3) is 3.11. The normalized spacial score (nSPS) is 44.9. The summed E-state index contributed by atoms with van der Waals surface area (Å²) in [5.74, 6) is 0.684. The summed E-state index contributed by atoms with van der Waals surface area (Å²) in [5, 5.41) is 9.08. The first-order valence-electron chi connectivity index (χ1n) is 11.3. The van der Waals surface area contributed by atoms with E-state index in [1.54, 1.807) is 12.1 Å². The first kappa shape index (κ1) is 20.4. The third-order valence-corrected chi connectivity index (χ3v) is 8.25. The summed E-state index contributed by atoms with van der Waals surface area (Å²) in [6.07, 6.45) is 4.96. The third-order valence-electron chi connectivity index (χ3n) is 8.25. The fourth-order valence-corrected chi connectivity index (χ4v) is 6.53. The quantitative estimate of drug-likeness (QED) is 0.725. The summed E-state index contributed by atoms with van der Waals surface area (Å²) < 4.78 is 12.9. The van der Waals surface area contributed by atoms with Gasteiger partial charge in [-0.2, -0.15) is 0 Å². The predicted octanol–water partition coefficient (Wildman–Crippen LogP) is 4.57. The molecule has 30 heavy (non-hydrogen) atoms. The van der Waals surface area contributed by atoms with Gasteiger partial charge in [0.05, 0.1) is 18.3 Å². The van der Waals surface area contributed by atoms with Gasteiger partial charge in [-0.1, -0.05) is 26.0 Å². The van der Waals surface area contributed by atoms with E-state index in [0.717, 1.165) is 31.2 Å². The second-order valence-corrected chi connectivity index (χ2v) is 10.1. The number of aromatic carboxylic acids is 1. The maximum absolute atomic E-state index is 11.1. The molecule has 6 rings (SSSR count). The highest BCUT2D eigenvalue weighted by Crippen LogP contribution is 2.61. The van der Waals surface area contributed by atoms with E-state index in [0.29, 0.717) is 24.4 Å². The molecule has 164 valence electrons. The van der Waals surface area contributed by atoms with E-state index in [9.17, 15) is 4.79 Å². The maximum atomic E-state index is 11.1. The SMILES string of the molecule is C[C@@H]1CCC2[C@@H](C)[C@@H](OCc3ccc(C(=O)O)cc3)OC3CC4(C)CCC1[C@]32OO4. The number of carboxylic acids is 1. The number of rotatable bonds is 4. The van der Waals surface area contributed by atoms with Gasteiger partial charge in [0, 0.05) is 18.3 Å². The van der Waals surface area contributed by atoms with Crippen LogP contribution < -0.4 is 0 Å². The lowest BCUT2D eigenvalue weighted by Crippen LogP contribution is -2.69. The Labute approximate surface area is 177 Å². The molecule has 3 aliphatic heterocycles. The Morgan fingerprint density at radius 2 is 1.90 bits per heavy atom. The van der Waals surface area contributed by atoms with Crippen molar-refractivity contribution >= 4 is 5.97 Å². The summed E-state index contributed by atoms with van der Waals surface area (Å²) in [5.41, 5.74) is 0.566. The van der Waals surface area contributed by atoms with E-state index in [2.05, 4.69) is 20.8 Å². The van der Waals surface area contributed by atoms with Crippen LogP contribution in [0.2, 0.25) is 0 Å². The van der Waals surface area contributed by atoms with Crippen molar-refractivity contribution in [2.45, 2.75) is 83.1 Å². The number of carbonyl (C=O) groups is 1. The Bertz CT molecular complexity index is 808. The van der Waals surface area contributed by atoms with E-state index in [1.165, 1.54) is 6.42 Å². The number of fused-ring (bicyclic) bond motifs is 2. The molecule has 8 atom stereocenters. The average molecular weight is 417 g/mol. The van der Waals surface area contributed by atoms with Gasteiger partial charge in [0.15, 0.2) is 6.29 Å². The smallest absolute Gasteiger partial charge is 0.335 e. The van der Waals surface area contributed by atoms with Crippen LogP contribution in [0.1, 0.15) is 68.8 Å². The van der Waals surface area contributed by atoms with E-state index in [1.807, 2.05) is 12.1 Å². The first-order chi connectivity index (χ1) is 14.3. The van der Waals surface area contributed by atoms with Crippen LogP contribution in [0.5, 0.6) is 0 Å². The molecule has 4 unspecified atom stereocenters. The topological polar surface area (TPSA) is 74.2 Å². The highest BCUT2D eigenvalue weighted by atomic mass is 17.2. The summed E-state index contributed by atoms with van der Waals surface area (Å²) in [7, 11) is 0. The Kier molecular flexibility index (Phi) is 4.97. The average Bonchev–Trinajstić information content (AvgIpc) is 2.96. The molecule has 0 aromatic heterocycles. The number of carboxylic acid groups (broad SMARTS) is 1. The molecule has 3 saturated heterocycles. The van der Waals surface area contributed by atoms with Gasteiger partial charge < -0.3 is 14.6 Å². The molecule has 0 amide bonds. The summed E-state index contributed by atoms with van der Waals surface area (Å²) >= 11 is 0. The largest absolute Gasteiger partial charge is 0.478 e. The molecule has 3 heterocycles. The van der Waals surface area contributed by atoms with Crippen LogP contribution in [-0.4, -0.2) is 34.7 Å². The molecule has 1 aromatic carbocycles. The van der Waals surface area contributed by atoms with Crippen LogP contribution in [0.15, 0.2) is 24.3 Å². The molecular weight excluding hydrogens is 384 g/mol. The lowest BCUT2D eigenvalue weighted by molar-refractivity contribution is -0.496. The molecule has 0 radical (unpaired) electrons. The minimum absolute atomic E-state index is 0.0212. The van der Waals surface area contributed by atoms with Gasteiger partial charge in [0.2, 0.25) is 0 Å². The fourth-order valence-electron chi connectivity index (χ4n) is 6.53. The van der Waals surface area contributed by atoms with Crippen molar-refractivity contribution in [3.8, 4) is 0 Å². The molecule has 2 bridgehead atoms. The molecule has 1 N–H and O–H groups in total. The van der Waals surface area contributed by atoms with Crippen molar-refractivity contribution in [2.75, 3.05) is 0 Å². The molecule has 6 nitrogen and oxygen atoms in total. The summed E-state index contributed by atoms with van der Waals surface area (Å²) in [6, 6.07) is 6.85. The highest BCUT2D eigenvalue weighted by Gasteiger charge is 2.68. The van der Waals surface area contributed by atoms with E-state index in [4.69, 9.17) is 24.4 Å². The monoisotopic (exact) mass is 416 g/mol. The van der Waals surface area contributed by atoms with Gasteiger partial charge in [-0.05, 0) is 62.1 Å². The second-order valence-electron chi connectivity index (χ2n) is 10.1. The maximum Gasteiger partial charge on any atom is 0.335 e. The van der Waals surface area contributed by atoms with Crippen molar-refractivity contribution in [2.24, 2.45) is 23.7 Å². The van der Waals surface area contributed by atoms with E-state index < -0.39 is 5.97 Å². The summed E-state index contributed by atoms with van der Waals surface area (Å²) in [6.45, 7) is 7.10. The first-order valence-corrected chi connectivity index (χ1v) is 11.3. The fraction of sp³-hybridized carbons (Fsp3) is 0.708. The lowest BCUT2D eigenvalue weighted by atomic mass is 9.56. The Morgan fingerprint density at radius 1 is 1.13 bits per heavy atom. The Balaban J connectivity index is 1.37. The number of hydrogen-bond acceptors (Lipinski definition) is 5. The van der Waals surface area contributed by atoms with Crippen LogP contribution in [0.4, 0.5) is 0 Å². The molecule has 1 spiro atoms. The Morgan fingerprint density at radius 3 is 2.63 bits per heavy atom.